The Hall–Kier alpha value is -1.71. The second kappa shape index (κ2) is 44.9. The maximum atomic E-state index is 12.8. The molecule has 0 aromatic heterocycles. The van der Waals surface area contributed by atoms with Crippen LogP contribution in [0.3, 0.4) is 0 Å². The van der Waals surface area contributed by atoms with Gasteiger partial charge in [0.25, 0.3) is 0 Å². The summed E-state index contributed by atoms with van der Waals surface area (Å²) in [6, 6.07) is 0. The highest BCUT2D eigenvalue weighted by molar-refractivity contribution is 5.70. The molecule has 362 valence electrons. The van der Waals surface area contributed by atoms with Crippen LogP contribution in [0.15, 0.2) is 0 Å². The van der Waals surface area contributed by atoms with E-state index in [2.05, 4.69) is 13.8 Å². The molecule has 61 heavy (non-hydrogen) atoms. The molecule has 0 spiro atoms. The van der Waals surface area contributed by atoms with E-state index >= 15 is 0 Å². The highest BCUT2D eigenvalue weighted by atomic mass is 16.7. The number of aliphatic carboxylic acids is 1. The second-order valence-corrected chi connectivity index (χ2v) is 19.2. The number of carboxylic acids is 1. The maximum absolute atomic E-state index is 12.8. The van der Waals surface area contributed by atoms with Crippen molar-refractivity contribution >= 4 is 17.9 Å². The molecule has 0 aromatic rings. The number of quaternary nitrogens is 1. The zero-order valence-corrected chi connectivity index (χ0v) is 41.1. The van der Waals surface area contributed by atoms with Gasteiger partial charge in [-0.3, -0.25) is 9.59 Å². The molecule has 0 heterocycles. The Labute approximate surface area is 377 Å². The van der Waals surface area contributed by atoms with E-state index in [1.54, 1.807) is 0 Å². The van der Waals surface area contributed by atoms with Crippen LogP contribution in [0.1, 0.15) is 258 Å². The monoisotopic (exact) mass is 868 g/mol. The lowest BCUT2D eigenvalue weighted by atomic mass is 10.0. The smallest absolute Gasteiger partial charge is 0.306 e. The molecular formula is C52H101NO8. The standard InChI is InChI=1S/C52H101NO8/c1-6-8-10-12-14-16-18-20-22-23-24-25-26-27-28-29-31-33-35-37-39-41-43-50(55)61-48(47-60-52(51(56)57)58-45-44-53(3,4)5)46-59-49(54)42-40-38-36-34-32-30-21-19-17-15-13-11-9-7-2/h48,52H,6-47H2,1-5H3. The first kappa shape index (κ1) is 59.3. The lowest BCUT2D eigenvalue weighted by molar-refractivity contribution is -0.870. The summed E-state index contributed by atoms with van der Waals surface area (Å²) in [5, 5.41) is 11.7. The normalized spacial score (nSPS) is 12.7. The Morgan fingerprint density at radius 2 is 0.738 bits per heavy atom. The number of hydrogen-bond acceptors (Lipinski definition) is 8. The first-order valence-electron chi connectivity index (χ1n) is 26.2. The Morgan fingerprint density at radius 3 is 1.05 bits per heavy atom. The van der Waals surface area contributed by atoms with E-state index < -0.39 is 24.3 Å². The largest absolute Gasteiger partial charge is 0.545 e. The summed E-state index contributed by atoms with van der Waals surface area (Å²) in [6.07, 6.45) is 44.2. The third-order valence-corrected chi connectivity index (χ3v) is 11.9. The van der Waals surface area contributed by atoms with Crippen LogP contribution in [0.5, 0.6) is 0 Å². The van der Waals surface area contributed by atoms with Gasteiger partial charge in [-0.1, -0.05) is 232 Å². The van der Waals surface area contributed by atoms with Crippen molar-refractivity contribution in [2.75, 3.05) is 47.5 Å². The fourth-order valence-electron chi connectivity index (χ4n) is 7.77. The van der Waals surface area contributed by atoms with Gasteiger partial charge < -0.3 is 33.3 Å². The van der Waals surface area contributed by atoms with Gasteiger partial charge in [0.1, 0.15) is 13.2 Å². The van der Waals surface area contributed by atoms with Gasteiger partial charge in [0, 0.05) is 12.8 Å². The van der Waals surface area contributed by atoms with Gasteiger partial charge in [-0.15, -0.1) is 0 Å². The van der Waals surface area contributed by atoms with Crippen molar-refractivity contribution in [1.82, 2.24) is 0 Å². The van der Waals surface area contributed by atoms with Crippen molar-refractivity contribution in [3.8, 4) is 0 Å². The summed E-state index contributed by atoms with van der Waals surface area (Å²) in [4.78, 5) is 37.1. The number of unbranched alkanes of at least 4 members (excludes halogenated alkanes) is 34. The summed E-state index contributed by atoms with van der Waals surface area (Å²) >= 11 is 0. The van der Waals surface area contributed by atoms with Gasteiger partial charge in [-0.2, -0.15) is 0 Å². The molecule has 2 atom stereocenters. The number of esters is 2. The van der Waals surface area contributed by atoms with E-state index in [9.17, 15) is 19.5 Å². The lowest BCUT2D eigenvalue weighted by Crippen LogP contribution is -2.44. The van der Waals surface area contributed by atoms with E-state index in [1.807, 2.05) is 21.1 Å². The van der Waals surface area contributed by atoms with Crippen LogP contribution in [0, 0.1) is 0 Å². The summed E-state index contributed by atoms with van der Waals surface area (Å²) in [7, 11) is 5.93. The molecule has 9 heteroatoms. The number of hydrogen-bond donors (Lipinski definition) is 0. The van der Waals surface area contributed by atoms with Crippen molar-refractivity contribution in [3.63, 3.8) is 0 Å². The number of carbonyl (C=O) groups is 3. The van der Waals surface area contributed by atoms with Crippen molar-refractivity contribution in [3.05, 3.63) is 0 Å². The molecule has 0 saturated carbocycles. The minimum Gasteiger partial charge on any atom is -0.545 e. The van der Waals surface area contributed by atoms with E-state index in [1.165, 1.54) is 193 Å². The number of nitrogens with zero attached hydrogens (tertiary/aromatic N) is 1. The Morgan fingerprint density at radius 1 is 0.426 bits per heavy atom. The molecule has 9 nitrogen and oxygen atoms in total. The molecule has 0 aliphatic carbocycles. The fraction of sp³-hybridized carbons (Fsp3) is 0.942. The highest BCUT2D eigenvalue weighted by Gasteiger charge is 2.22. The first-order valence-corrected chi connectivity index (χ1v) is 26.2. The SMILES string of the molecule is CCCCCCCCCCCCCCCCCCCCCCCCC(=O)OC(COC(=O)CCCCCCCCCCCCCCCC)COC(OCC[N+](C)(C)C)C(=O)[O-]. The average Bonchev–Trinajstić information content (AvgIpc) is 3.22. The van der Waals surface area contributed by atoms with E-state index in [0.717, 1.165) is 38.5 Å². The molecule has 0 rings (SSSR count). The molecule has 0 fully saturated rings. The van der Waals surface area contributed by atoms with Crippen molar-refractivity contribution in [2.24, 2.45) is 0 Å². The first-order chi connectivity index (χ1) is 29.6. The third-order valence-electron chi connectivity index (χ3n) is 11.9. The van der Waals surface area contributed by atoms with Gasteiger partial charge in [-0.25, -0.2) is 0 Å². The minimum atomic E-state index is -1.61. The van der Waals surface area contributed by atoms with E-state index in [4.69, 9.17) is 18.9 Å². The zero-order chi connectivity index (χ0) is 44.9. The summed E-state index contributed by atoms with van der Waals surface area (Å²) in [6.45, 7) is 4.80. The third kappa shape index (κ3) is 46.1. The molecule has 0 aromatic carbocycles. The van der Waals surface area contributed by atoms with Crippen molar-refractivity contribution in [2.45, 2.75) is 270 Å². The maximum Gasteiger partial charge on any atom is 0.306 e. The summed E-state index contributed by atoms with van der Waals surface area (Å²) < 4.78 is 22.6. The predicted molar refractivity (Wildman–Crippen MR) is 251 cm³/mol. The number of carboxylic acid groups (broad SMARTS) is 1. The van der Waals surface area contributed by atoms with Crippen LogP contribution in [-0.2, 0) is 33.3 Å². The number of rotatable bonds is 49. The predicted octanol–water partition coefficient (Wildman–Crippen LogP) is 13.1. The molecular weight excluding hydrogens is 767 g/mol. The van der Waals surface area contributed by atoms with E-state index in [0.29, 0.717) is 17.4 Å². The topological polar surface area (TPSA) is 111 Å². The highest BCUT2D eigenvalue weighted by Crippen LogP contribution is 2.17. The molecule has 0 aliphatic rings. The second-order valence-electron chi connectivity index (χ2n) is 19.2. The Bertz CT molecular complexity index is 970. The van der Waals surface area contributed by atoms with Gasteiger partial charge in [0.15, 0.2) is 12.4 Å². The number of ether oxygens (including phenoxy) is 4. The Kier molecular flexibility index (Phi) is 43.6. The number of likely N-dealkylation sites (N-methyl/N-ethyl adjacent to an activating group) is 1. The molecule has 0 radical (unpaired) electrons. The van der Waals surface area contributed by atoms with Gasteiger partial charge in [0.05, 0.1) is 40.3 Å². The molecule has 0 N–H and O–H groups in total. The summed E-state index contributed by atoms with van der Waals surface area (Å²) in [5.41, 5.74) is 0. The lowest BCUT2D eigenvalue weighted by Gasteiger charge is -2.26. The van der Waals surface area contributed by atoms with Crippen molar-refractivity contribution in [1.29, 1.82) is 0 Å². The average molecular weight is 868 g/mol. The zero-order valence-electron chi connectivity index (χ0n) is 41.1. The molecule has 0 bridgehead atoms. The van der Waals surface area contributed by atoms with Crippen LogP contribution < -0.4 is 5.11 Å². The quantitative estimate of drug-likeness (QED) is 0.0257. The molecule has 0 amide bonds. The fourth-order valence-corrected chi connectivity index (χ4v) is 7.77. The number of carbonyl (C=O) groups excluding carboxylic acids is 3. The van der Waals surface area contributed by atoms with E-state index in [-0.39, 0.29) is 32.2 Å². The van der Waals surface area contributed by atoms with Crippen LogP contribution in [0.25, 0.3) is 0 Å². The van der Waals surface area contributed by atoms with Crippen LogP contribution >= 0.6 is 0 Å². The molecule has 0 aliphatic heterocycles. The van der Waals surface area contributed by atoms with Gasteiger partial charge in [-0.05, 0) is 12.8 Å². The van der Waals surface area contributed by atoms with Crippen LogP contribution in [0.2, 0.25) is 0 Å². The van der Waals surface area contributed by atoms with Gasteiger partial charge >= 0.3 is 11.9 Å². The molecule has 0 saturated heterocycles. The Balaban J connectivity index is 4.24. The van der Waals surface area contributed by atoms with Crippen LogP contribution in [0.4, 0.5) is 0 Å². The minimum absolute atomic E-state index is 0.153. The van der Waals surface area contributed by atoms with Crippen LogP contribution in [-0.4, -0.2) is 82.3 Å². The summed E-state index contributed by atoms with van der Waals surface area (Å²) in [5.74, 6) is -2.26. The van der Waals surface area contributed by atoms with Crippen molar-refractivity contribution < 1.29 is 42.9 Å². The molecule has 2 unspecified atom stereocenters. The van der Waals surface area contributed by atoms with Gasteiger partial charge in [0.2, 0.25) is 0 Å².